The van der Waals surface area contributed by atoms with Crippen molar-refractivity contribution < 1.29 is 41.8 Å². The molecule has 51 heavy (non-hydrogen) atoms. The van der Waals surface area contributed by atoms with Gasteiger partial charge in [0.1, 0.15) is 24.1 Å². The average molecular weight is 735 g/mol. The van der Waals surface area contributed by atoms with Crippen LogP contribution >= 0.6 is 11.9 Å². The number of aryl methyl sites for hydroxylation is 1. The summed E-state index contributed by atoms with van der Waals surface area (Å²) in [6.45, 7) is 2.61. The number of aldehydes is 3. The molecule has 18 heteroatoms. The topological polar surface area (TPSA) is 163 Å². The van der Waals surface area contributed by atoms with Crippen LogP contribution < -0.4 is 24.2 Å². The quantitative estimate of drug-likeness (QED) is 0.0929. The highest BCUT2D eigenvalue weighted by atomic mass is 32.2. The summed E-state index contributed by atoms with van der Waals surface area (Å²) in [7, 11) is 10.5. The molecular formula is C33H41F3N8O6S. The molecule has 0 atom stereocenters. The molecule has 4 aromatic rings. The van der Waals surface area contributed by atoms with Crippen LogP contribution in [0.3, 0.4) is 0 Å². The largest absolute Gasteiger partial charge is 0.497 e. The van der Waals surface area contributed by atoms with Crippen LogP contribution in [0.25, 0.3) is 16.9 Å². The number of aromatic nitrogens is 5. The van der Waals surface area contributed by atoms with Gasteiger partial charge < -0.3 is 34.0 Å². The number of nitrogens with zero attached hydrogens (tertiary/aromatic N) is 6. The van der Waals surface area contributed by atoms with Gasteiger partial charge in [-0.3, -0.25) is 9.52 Å². The lowest BCUT2D eigenvalue weighted by atomic mass is 10.1. The maximum absolute atomic E-state index is 13.4. The lowest BCUT2D eigenvalue weighted by Gasteiger charge is -2.14. The first-order chi connectivity index (χ1) is 24.3. The maximum atomic E-state index is 13.4. The van der Waals surface area contributed by atoms with Gasteiger partial charge in [0, 0.05) is 78.2 Å². The van der Waals surface area contributed by atoms with Gasteiger partial charge in [0.2, 0.25) is 11.8 Å². The zero-order valence-electron chi connectivity index (χ0n) is 29.3. The normalized spacial score (nSPS) is 10.6. The number of rotatable bonds is 15. The molecule has 1 aromatic carbocycles. The van der Waals surface area contributed by atoms with Gasteiger partial charge in [-0.2, -0.15) is 23.3 Å². The number of methoxy groups -OCH3 is 3. The third-order valence-electron chi connectivity index (χ3n) is 6.45. The van der Waals surface area contributed by atoms with Crippen molar-refractivity contribution in [1.29, 1.82) is 0 Å². The second-order valence-electron chi connectivity index (χ2n) is 10.4. The predicted molar refractivity (Wildman–Crippen MR) is 188 cm³/mol. The third kappa shape index (κ3) is 13.3. The van der Waals surface area contributed by atoms with Crippen molar-refractivity contribution in [2.45, 2.75) is 25.9 Å². The summed E-state index contributed by atoms with van der Waals surface area (Å²) in [5.74, 6) is 2.35. The SMILES string of the molecule is CNSCCN(C)C.COc1cc(Nc2ncc(-c3cnc(OC)c(C=O)c3)c(-n3nc(C(F)(F)F)cc3C)n2)cc(OC)c1.O=CCCC=O. The van der Waals surface area contributed by atoms with Crippen molar-refractivity contribution >= 4 is 42.4 Å². The number of unbranched alkanes of at least 4 members (excludes halogenated alkanes) is 1. The molecule has 3 aromatic heterocycles. The second kappa shape index (κ2) is 21.2. The molecule has 0 unspecified atom stereocenters. The molecule has 3 heterocycles. The monoisotopic (exact) mass is 734 g/mol. The maximum Gasteiger partial charge on any atom is 0.435 e. The summed E-state index contributed by atoms with van der Waals surface area (Å²) in [6.07, 6.45) is 0.887. The van der Waals surface area contributed by atoms with Gasteiger partial charge in [0.05, 0.1) is 26.9 Å². The summed E-state index contributed by atoms with van der Waals surface area (Å²) < 4.78 is 59.9. The number of carbonyl (C=O) groups excluding carboxylic acids is 3. The minimum Gasteiger partial charge on any atom is -0.497 e. The molecule has 2 N–H and O–H groups in total. The molecule has 0 bridgehead atoms. The number of carbonyl (C=O) groups is 3. The van der Waals surface area contributed by atoms with E-state index in [1.165, 1.54) is 46.7 Å². The van der Waals surface area contributed by atoms with Gasteiger partial charge in [-0.25, -0.2) is 14.6 Å². The fraction of sp³-hybridized carbons (Fsp3) is 0.364. The Labute approximate surface area is 298 Å². The van der Waals surface area contributed by atoms with E-state index in [0.29, 0.717) is 41.9 Å². The number of nitrogens with one attached hydrogen (secondary N) is 2. The molecule has 0 spiro atoms. The van der Waals surface area contributed by atoms with E-state index in [9.17, 15) is 27.6 Å². The summed E-state index contributed by atoms with van der Waals surface area (Å²) in [4.78, 5) is 45.4. The van der Waals surface area contributed by atoms with Crippen molar-refractivity contribution in [3.05, 3.63) is 59.7 Å². The molecule has 0 saturated carbocycles. The molecule has 0 radical (unpaired) electrons. The van der Waals surface area contributed by atoms with E-state index >= 15 is 0 Å². The fourth-order valence-electron chi connectivity index (χ4n) is 3.97. The van der Waals surface area contributed by atoms with Crippen LogP contribution in [0.5, 0.6) is 17.4 Å². The van der Waals surface area contributed by atoms with Crippen molar-refractivity contribution in [1.82, 2.24) is 34.4 Å². The van der Waals surface area contributed by atoms with Gasteiger partial charge in [-0.05, 0) is 40.2 Å². The Kier molecular flexibility index (Phi) is 17.5. The smallest absolute Gasteiger partial charge is 0.435 e. The van der Waals surface area contributed by atoms with Gasteiger partial charge in [-0.1, -0.05) is 11.9 Å². The van der Waals surface area contributed by atoms with Gasteiger partial charge in [-0.15, -0.1) is 0 Å². The first-order valence-corrected chi connectivity index (χ1v) is 16.2. The van der Waals surface area contributed by atoms with Gasteiger partial charge in [0.25, 0.3) is 0 Å². The van der Waals surface area contributed by atoms with E-state index in [1.807, 2.05) is 7.05 Å². The Balaban J connectivity index is 0.000000543. The number of pyridine rings is 1. The molecule has 0 aliphatic rings. The Morgan fingerprint density at radius 3 is 2.06 bits per heavy atom. The van der Waals surface area contributed by atoms with Crippen LogP contribution in [0.4, 0.5) is 24.8 Å². The molecule has 0 fully saturated rings. The van der Waals surface area contributed by atoms with Crippen molar-refractivity contribution in [2.24, 2.45) is 0 Å². The number of halogens is 3. The Bertz CT molecular complexity index is 1690. The Hall–Kier alpha value is -5.07. The molecule has 276 valence electrons. The summed E-state index contributed by atoms with van der Waals surface area (Å²) in [5.41, 5.74) is 0.409. The molecule has 0 saturated heterocycles. The average Bonchev–Trinajstić information content (AvgIpc) is 3.52. The zero-order valence-corrected chi connectivity index (χ0v) is 30.1. The highest BCUT2D eigenvalue weighted by Gasteiger charge is 2.35. The number of benzene rings is 1. The zero-order chi connectivity index (χ0) is 38.0. The highest BCUT2D eigenvalue weighted by Crippen LogP contribution is 2.33. The van der Waals surface area contributed by atoms with E-state index in [1.54, 1.807) is 30.1 Å². The van der Waals surface area contributed by atoms with E-state index in [0.717, 1.165) is 35.6 Å². The molecule has 4 rings (SSSR count). The van der Waals surface area contributed by atoms with Crippen LogP contribution in [0.1, 0.15) is 34.6 Å². The molecule has 0 aliphatic heterocycles. The van der Waals surface area contributed by atoms with Crippen molar-refractivity contribution in [3.8, 4) is 34.3 Å². The lowest BCUT2D eigenvalue weighted by molar-refractivity contribution is -0.141. The fourth-order valence-corrected chi connectivity index (χ4v) is 4.63. The molecule has 0 aliphatic carbocycles. The first-order valence-electron chi connectivity index (χ1n) is 15.2. The van der Waals surface area contributed by atoms with Crippen LogP contribution in [0, 0.1) is 6.92 Å². The minimum absolute atomic E-state index is 0.0316. The van der Waals surface area contributed by atoms with Crippen LogP contribution in [0.15, 0.2) is 42.7 Å². The summed E-state index contributed by atoms with van der Waals surface area (Å²) in [5, 5.41) is 6.74. The molecule has 14 nitrogen and oxygen atoms in total. The summed E-state index contributed by atoms with van der Waals surface area (Å²) >= 11 is 1.74. The number of hydrogen-bond donors (Lipinski definition) is 2. The van der Waals surface area contributed by atoms with E-state index < -0.39 is 11.9 Å². The van der Waals surface area contributed by atoms with Crippen molar-refractivity contribution in [3.63, 3.8) is 0 Å². The third-order valence-corrected chi connectivity index (χ3v) is 7.13. The lowest BCUT2D eigenvalue weighted by Crippen LogP contribution is -2.16. The van der Waals surface area contributed by atoms with Crippen LogP contribution in [-0.2, 0) is 15.8 Å². The Morgan fingerprint density at radius 1 is 0.922 bits per heavy atom. The predicted octanol–water partition coefficient (Wildman–Crippen LogP) is 5.21. The van der Waals surface area contributed by atoms with Gasteiger partial charge in [0.15, 0.2) is 17.8 Å². The van der Waals surface area contributed by atoms with Crippen LogP contribution in [-0.4, -0.2) is 103 Å². The van der Waals surface area contributed by atoms with Gasteiger partial charge >= 0.3 is 6.18 Å². The number of anilines is 2. The molecule has 0 amide bonds. The standard InChI is InChI=1S/C24H21F3N6O4.C5H14N2S.C4H6O2/c1-13-5-20(24(25,26)27)32-33(13)21-19(14-6-15(12-34)22(37-4)28-10-14)11-29-23(31-21)30-16-7-17(35-2)9-18(8-16)36-3;1-6-8-5-4-7(2)3;5-3-1-2-4-6/h5-12H,1-4H3,(H,29,30,31);6H,4-5H2,1-3H3;3-4H,1-2H2. The second-order valence-corrected chi connectivity index (χ2v) is 11.5. The number of alkyl halides is 3. The number of ether oxygens (including phenoxy) is 3. The summed E-state index contributed by atoms with van der Waals surface area (Å²) in [6, 6.07) is 7.40. The Morgan fingerprint density at radius 2 is 1.57 bits per heavy atom. The first kappa shape index (κ1) is 42.1. The highest BCUT2D eigenvalue weighted by molar-refractivity contribution is 7.97. The minimum atomic E-state index is -4.66. The van der Waals surface area contributed by atoms with E-state index in [4.69, 9.17) is 14.2 Å². The number of hydrogen-bond acceptors (Lipinski definition) is 14. The van der Waals surface area contributed by atoms with E-state index in [-0.39, 0.29) is 34.5 Å². The van der Waals surface area contributed by atoms with Crippen molar-refractivity contribution in [2.75, 3.05) is 60.1 Å². The molecular weight excluding hydrogens is 693 g/mol. The van der Waals surface area contributed by atoms with Crippen LogP contribution in [0.2, 0.25) is 0 Å². The van der Waals surface area contributed by atoms with E-state index in [2.05, 4.69) is 49.1 Å².